The lowest BCUT2D eigenvalue weighted by molar-refractivity contribution is 0.0681. The molecule has 4 rings (SSSR count). The number of halogens is 2. The van der Waals surface area contributed by atoms with Gasteiger partial charge in [-0.15, -0.1) is 0 Å². The van der Waals surface area contributed by atoms with Crippen LogP contribution < -0.4 is 4.74 Å². The largest absolute Gasteiger partial charge is 0.490 e. The van der Waals surface area contributed by atoms with Crippen LogP contribution >= 0.6 is 23.2 Å². The molecular weight excluding hydrogens is 471 g/mol. The highest BCUT2D eigenvalue weighted by atomic mass is 35.5. The highest BCUT2D eigenvalue weighted by Crippen LogP contribution is 2.36. The van der Waals surface area contributed by atoms with Crippen LogP contribution in [-0.2, 0) is 16.4 Å². The average Bonchev–Trinajstić information content (AvgIpc) is 3.05. The Morgan fingerprint density at radius 1 is 1.16 bits per heavy atom. The van der Waals surface area contributed by atoms with Gasteiger partial charge in [0.05, 0.1) is 33.6 Å². The Morgan fingerprint density at radius 2 is 1.88 bits per heavy atom. The van der Waals surface area contributed by atoms with E-state index in [-0.39, 0.29) is 28.5 Å². The van der Waals surface area contributed by atoms with E-state index in [1.54, 1.807) is 17.0 Å². The number of sulfone groups is 1. The summed E-state index contributed by atoms with van der Waals surface area (Å²) < 4.78 is 32.2. The molecule has 1 aromatic heterocycles. The van der Waals surface area contributed by atoms with Gasteiger partial charge in [0.1, 0.15) is 5.75 Å². The van der Waals surface area contributed by atoms with Crippen molar-refractivity contribution in [3.05, 3.63) is 57.7 Å². The highest BCUT2D eigenvalue weighted by molar-refractivity contribution is 7.90. The molecule has 0 fully saturated rings. The zero-order valence-corrected chi connectivity index (χ0v) is 20.6. The molecule has 0 N–H and O–H groups in total. The molecule has 0 bridgehead atoms. The van der Waals surface area contributed by atoms with E-state index < -0.39 is 9.84 Å². The monoisotopic (exact) mass is 494 g/mol. The predicted molar refractivity (Wildman–Crippen MR) is 127 cm³/mol. The van der Waals surface area contributed by atoms with Crippen LogP contribution in [0.5, 0.6) is 5.75 Å². The Morgan fingerprint density at radius 3 is 2.53 bits per heavy atom. The van der Waals surface area contributed by atoms with Crippen molar-refractivity contribution in [3.8, 4) is 5.75 Å². The van der Waals surface area contributed by atoms with Crippen LogP contribution in [0.25, 0.3) is 10.9 Å². The fraction of sp³-hybridized carbons (Fsp3) is 0.348. The maximum atomic E-state index is 13.6. The van der Waals surface area contributed by atoms with Gasteiger partial charge in [0.15, 0.2) is 9.84 Å². The molecule has 0 aliphatic carbocycles. The molecule has 0 saturated heterocycles. The van der Waals surface area contributed by atoms with Crippen LogP contribution in [0, 0.1) is 0 Å². The van der Waals surface area contributed by atoms with Crippen molar-refractivity contribution in [1.29, 1.82) is 0 Å². The number of fused-ring (bicyclic) bond motifs is 3. The second-order valence-electron chi connectivity index (χ2n) is 8.46. The van der Waals surface area contributed by atoms with Crippen molar-refractivity contribution in [1.82, 2.24) is 9.47 Å². The smallest absolute Gasteiger partial charge is 0.258 e. The summed E-state index contributed by atoms with van der Waals surface area (Å²) in [6, 6.07) is 9.95. The highest BCUT2D eigenvalue weighted by Gasteiger charge is 2.30. The zero-order valence-electron chi connectivity index (χ0n) is 18.2. The molecule has 2 aromatic carbocycles. The van der Waals surface area contributed by atoms with Crippen molar-refractivity contribution < 1.29 is 17.9 Å². The van der Waals surface area contributed by atoms with E-state index >= 15 is 0 Å². The van der Waals surface area contributed by atoms with E-state index in [0.717, 1.165) is 22.9 Å². The van der Waals surface area contributed by atoms with Crippen LogP contribution in [0.4, 0.5) is 0 Å². The second kappa shape index (κ2) is 8.28. The maximum absolute atomic E-state index is 13.6. The third-order valence-electron chi connectivity index (χ3n) is 5.49. The third-order valence-corrected chi connectivity index (χ3v) is 7.13. The Bertz CT molecular complexity index is 1330. The molecule has 1 atom stereocenters. The molecule has 0 radical (unpaired) electrons. The topological polar surface area (TPSA) is 68.6 Å². The summed E-state index contributed by atoms with van der Waals surface area (Å²) in [5, 5.41) is 2.00. The van der Waals surface area contributed by atoms with Gasteiger partial charge in [-0.3, -0.25) is 4.79 Å². The van der Waals surface area contributed by atoms with Crippen molar-refractivity contribution in [2.24, 2.45) is 0 Å². The van der Waals surface area contributed by atoms with Gasteiger partial charge in [-0.25, -0.2) is 8.42 Å². The normalized spacial score (nSPS) is 16.5. The molecule has 9 heteroatoms. The first-order chi connectivity index (χ1) is 15.0. The number of amides is 1. The molecule has 170 valence electrons. The fourth-order valence-corrected chi connectivity index (χ4v) is 5.38. The van der Waals surface area contributed by atoms with E-state index in [1.165, 1.54) is 12.1 Å². The van der Waals surface area contributed by atoms with Gasteiger partial charge < -0.3 is 14.2 Å². The van der Waals surface area contributed by atoms with E-state index in [4.69, 9.17) is 27.9 Å². The SMILES string of the molecule is CC(C)Oc1ccc(S(C)(=O)=O)cc1C(=O)N1Cc2cc3c(Cl)cc(Cl)cc3n2[C@H](C)C1. The van der Waals surface area contributed by atoms with Crippen LogP contribution in [0.3, 0.4) is 0 Å². The summed E-state index contributed by atoms with van der Waals surface area (Å²) in [4.78, 5) is 15.4. The average molecular weight is 495 g/mol. The number of hydrogen-bond donors (Lipinski definition) is 0. The fourth-order valence-electron chi connectivity index (χ4n) is 4.20. The number of nitrogens with zero attached hydrogens (tertiary/aromatic N) is 2. The van der Waals surface area contributed by atoms with E-state index in [9.17, 15) is 13.2 Å². The Hall–Kier alpha value is -2.22. The maximum Gasteiger partial charge on any atom is 0.258 e. The van der Waals surface area contributed by atoms with Crippen LogP contribution in [0.1, 0.15) is 42.9 Å². The lowest BCUT2D eigenvalue weighted by Gasteiger charge is -2.34. The van der Waals surface area contributed by atoms with Gasteiger partial charge >= 0.3 is 0 Å². The zero-order chi connectivity index (χ0) is 23.4. The molecule has 3 aromatic rings. The van der Waals surface area contributed by atoms with Crippen molar-refractivity contribution in [2.45, 2.75) is 44.4 Å². The van der Waals surface area contributed by atoms with E-state index in [2.05, 4.69) is 4.57 Å². The number of carbonyl (C=O) groups is 1. The number of aromatic nitrogens is 1. The van der Waals surface area contributed by atoms with Crippen LogP contribution in [0.15, 0.2) is 41.3 Å². The van der Waals surface area contributed by atoms with Gasteiger partial charge in [0.25, 0.3) is 5.91 Å². The minimum absolute atomic E-state index is 0.0257. The predicted octanol–water partition coefficient (Wildman–Crippen LogP) is 5.36. The molecule has 32 heavy (non-hydrogen) atoms. The van der Waals surface area contributed by atoms with Gasteiger partial charge in [-0.05, 0) is 57.2 Å². The van der Waals surface area contributed by atoms with Gasteiger partial charge in [-0.1, -0.05) is 23.2 Å². The quantitative estimate of drug-likeness (QED) is 0.489. The van der Waals surface area contributed by atoms with E-state index in [0.29, 0.717) is 28.9 Å². The minimum atomic E-state index is -3.48. The molecule has 2 heterocycles. The molecule has 0 spiro atoms. The Kier molecular flexibility index (Phi) is 5.94. The van der Waals surface area contributed by atoms with Crippen molar-refractivity contribution >= 4 is 49.8 Å². The summed E-state index contributed by atoms with van der Waals surface area (Å²) in [5.74, 6) is 0.0876. The number of ether oxygens (including phenoxy) is 1. The molecule has 1 amide bonds. The standard InChI is InChI=1S/C23H24Cl2N2O4S/c1-13(2)31-22-6-5-17(32(4,29)30)10-19(22)23(28)26-11-14(3)27-16(12-26)9-18-20(25)7-15(24)8-21(18)27/h5-10,13-14H,11-12H2,1-4H3/t14-/m1/s1. The number of rotatable bonds is 4. The first kappa shape index (κ1) is 23.0. The Labute approximate surface area is 197 Å². The molecule has 1 aliphatic rings. The van der Waals surface area contributed by atoms with Gasteiger partial charge in [-0.2, -0.15) is 0 Å². The van der Waals surface area contributed by atoms with Crippen molar-refractivity contribution in [2.75, 3.05) is 12.8 Å². The second-order valence-corrected chi connectivity index (χ2v) is 11.3. The van der Waals surface area contributed by atoms with Crippen LogP contribution in [0.2, 0.25) is 10.0 Å². The summed E-state index contributed by atoms with van der Waals surface area (Å²) in [5.41, 5.74) is 2.10. The lowest BCUT2D eigenvalue weighted by Crippen LogP contribution is -2.40. The molecular formula is C23H24Cl2N2O4S. The minimum Gasteiger partial charge on any atom is -0.490 e. The number of hydrogen-bond acceptors (Lipinski definition) is 4. The summed E-state index contributed by atoms with van der Waals surface area (Å²) in [6.07, 6.45) is 0.955. The molecule has 6 nitrogen and oxygen atoms in total. The lowest BCUT2D eigenvalue weighted by atomic mass is 10.1. The van der Waals surface area contributed by atoms with Crippen LogP contribution in [-0.4, -0.2) is 42.7 Å². The van der Waals surface area contributed by atoms with Gasteiger partial charge in [0.2, 0.25) is 0 Å². The molecule has 0 saturated carbocycles. The van der Waals surface area contributed by atoms with Gasteiger partial charge in [0, 0.05) is 34.9 Å². The molecule has 0 unspecified atom stereocenters. The van der Waals surface area contributed by atoms with Crippen molar-refractivity contribution in [3.63, 3.8) is 0 Å². The van der Waals surface area contributed by atoms with E-state index in [1.807, 2.05) is 32.9 Å². The summed E-state index contributed by atoms with van der Waals surface area (Å²) >= 11 is 12.6. The first-order valence-corrected chi connectivity index (χ1v) is 12.9. The molecule has 1 aliphatic heterocycles. The summed E-state index contributed by atoms with van der Waals surface area (Å²) in [6.45, 7) is 6.54. The first-order valence-electron chi connectivity index (χ1n) is 10.2. The third kappa shape index (κ3) is 4.21. The number of benzene rings is 2. The number of carbonyl (C=O) groups excluding carboxylic acids is 1. The summed E-state index contributed by atoms with van der Waals surface area (Å²) in [7, 11) is -3.48. The Balaban J connectivity index is 1.76.